The summed E-state index contributed by atoms with van der Waals surface area (Å²) in [6, 6.07) is 7.17. The fraction of sp³-hybridized carbons (Fsp3) is 0.0909. The van der Waals surface area contributed by atoms with Crippen LogP contribution in [0.25, 0.3) is 0 Å². The number of pyridine rings is 2. The van der Waals surface area contributed by atoms with Gasteiger partial charge in [0, 0.05) is 24.7 Å². The molecule has 2 N–H and O–H groups in total. The normalized spacial score (nSPS) is 10.1. The van der Waals surface area contributed by atoms with E-state index < -0.39 is 0 Å². The van der Waals surface area contributed by atoms with Crippen LogP contribution in [0.4, 0.5) is 5.69 Å². The maximum absolute atomic E-state index is 11.1. The summed E-state index contributed by atoms with van der Waals surface area (Å²) in [4.78, 5) is 15.3. The molecule has 0 aliphatic carbocycles. The van der Waals surface area contributed by atoms with Crippen molar-refractivity contribution in [3.63, 3.8) is 0 Å². The molecule has 76 valence electrons. The molecule has 0 fully saturated rings. The van der Waals surface area contributed by atoms with Crippen LogP contribution in [0.2, 0.25) is 0 Å². The first kappa shape index (κ1) is 9.45. The summed E-state index contributed by atoms with van der Waals surface area (Å²) in [5, 5.41) is 0. The molecule has 0 spiro atoms. The summed E-state index contributed by atoms with van der Waals surface area (Å²) in [6.07, 6.45) is 5.06. The van der Waals surface area contributed by atoms with Crippen molar-refractivity contribution in [2.45, 2.75) is 6.54 Å². The van der Waals surface area contributed by atoms with Crippen molar-refractivity contribution in [1.29, 1.82) is 0 Å². The van der Waals surface area contributed by atoms with Gasteiger partial charge in [0.05, 0.1) is 17.9 Å². The van der Waals surface area contributed by atoms with Crippen molar-refractivity contribution < 1.29 is 0 Å². The minimum Gasteiger partial charge on any atom is -0.394 e. The van der Waals surface area contributed by atoms with Crippen LogP contribution in [0, 0.1) is 0 Å². The highest BCUT2D eigenvalue weighted by atomic mass is 16.1. The van der Waals surface area contributed by atoms with Gasteiger partial charge in [-0.1, -0.05) is 6.07 Å². The first-order valence-electron chi connectivity index (χ1n) is 4.61. The Hall–Kier alpha value is -2.10. The van der Waals surface area contributed by atoms with E-state index >= 15 is 0 Å². The number of hydrogen-bond acceptors (Lipinski definition) is 3. The van der Waals surface area contributed by atoms with Gasteiger partial charge < -0.3 is 10.3 Å². The maximum atomic E-state index is 11.1. The molecule has 4 heteroatoms. The molecule has 0 atom stereocenters. The minimum absolute atomic E-state index is 0.146. The number of nitrogen functional groups attached to an aromatic ring is 1. The van der Waals surface area contributed by atoms with Crippen molar-refractivity contribution >= 4 is 5.69 Å². The average molecular weight is 201 g/mol. The summed E-state index contributed by atoms with van der Waals surface area (Å²) in [6.45, 7) is 0.616. The number of rotatable bonds is 2. The zero-order valence-corrected chi connectivity index (χ0v) is 8.13. The molecule has 2 heterocycles. The van der Waals surface area contributed by atoms with E-state index in [9.17, 15) is 4.79 Å². The molecule has 0 aliphatic heterocycles. The van der Waals surface area contributed by atoms with E-state index in [2.05, 4.69) is 4.98 Å². The molecule has 0 aliphatic rings. The molecule has 0 saturated carbocycles. The van der Waals surface area contributed by atoms with Gasteiger partial charge >= 0.3 is 0 Å². The third-order valence-corrected chi connectivity index (χ3v) is 2.08. The highest BCUT2D eigenvalue weighted by molar-refractivity contribution is 5.33. The van der Waals surface area contributed by atoms with Gasteiger partial charge in [-0.25, -0.2) is 0 Å². The molecule has 0 unspecified atom stereocenters. The number of anilines is 1. The SMILES string of the molecule is Nc1cn(Cc2ccccn2)ccc1=O. The first-order chi connectivity index (χ1) is 7.25. The van der Waals surface area contributed by atoms with Crippen LogP contribution in [0.3, 0.4) is 0 Å². The van der Waals surface area contributed by atoms with E-state index in [-0.39, 0.29) is 11.1 Å². The van der Waals surface area contributed by atoms with Crippen LogP contribution >= 0.6 is 0 Å². The van der Waals surface area contributed by atoms with Crippen LogP contribution in [0.15, 0.2) is 47.7 Å². The van der Waals surface area contributed by atoms with Crippen molar-refractivity contribution in [3.8, 4) is 0 Å². The van der Waals surface area contributed by atoms with Crippen LogP contribution in [-0.4, -0.2) is 9.55 Å². The lowest BCUT2D eigenvalue weighted by Gasteiger charge is -2.05. The zero-order chi connectivity index (χ0) is 10.7. The Kier molecular flexibility index (Phi) is 2.49. The Labute approximate surface area is 87.0 Å². The largest absolute Gasteiger partial charge is 0.394 e. The second-order valence-corrected chi connectivity index (χ2v) is 3.26. The first-order valence-corrected chi connectivity index (χ1v) is 4.61. The zero-order valence-electron chi connectivity index (χ0n) is 8.13. The maximum Gasteiger partial charge on any atom is 0.204 e. The fourth-order valence-electron chi connectivity index (χ4n) is 1.32. The topological polar surface area (TPSA) is 60.9 Å². The molecule has 0 saturated heterocycles. The van der Waals surface area contributed by atoms with Crippen LogP contribution < -0.4 is 11.2 Å². The number of aromatic nitrogens is 2. The van der Waals surface area contributed by atoms with E-state index in [1.165, 1.54) is 6.07 Å². The Morgan fingerprint density at radius 3 is 2.87 bits per heavy atom. The van der Waals surface area contributed by atoms with Gasteiger partial charge in [-0.3, -0.25) is 9.78 Å². The van der Waals surface area contributed by atoms with Crippen LogP contribution in [0.1, 0.15) is 5.69 Å². The lowest BCUT2D eigenvalue weighted by molar-refractivity contribution is 0.768. The molecule has 2 aromatic rings. The summed E-state index contributed by atoms with van der Waals surface area (Å²) in [5.74, 6) is 0. The van der Waals surface area contributed by atoms with E-state index in [1.54, 1.807) is 18.6 Å². The van der Waals surface area contributed by atoms with Gasteiger partial charge in [0.1, 0.15) is 0 Å². The Bertz CT molecular complexity index is 505. The molecular formula is C11H11N3O. The summed E-state index contributed by atoms with van der Waals surface area (Å²) < 4.78 is 1.83. The Balaban J connectivity index is 2.26. The molecule has 4 nitrogen and oxygen atoms in total. The van der Waals surface area contributed by atoms with Gasteiger partial charge in [0.15, 0.2) is 0 Å². The molecule has 0 aromatic carbocycles. The lowest BCUT2D eigenvalue weighted by atomic mass is 10.3. The standard InChI is InChI=1S/C11H11N3O/c12-10-8-14(6-4-11(10)15)7-9-3-1-2-5-13-9/h1-6,8H,7,12H2. The number of nitrogens with zero attached hydrogens (tertiary/aromatic N) is 2. The van der Waals surface area contributed by atoms with Gasteiger partial charge in [-0.05, 0) is 12.1 Å². The second kappa shape index (κ2) is 3.96. The van der Waals surface area contributed by atoms with Gasteiger partial charge in [0.25, 0.3) is 0 Å². The number of nitrogens with two attached hydrogens (primary N) is 1. The van der Waals surface area contributed by atoms with Crippen molar-refractivity contribution in [2.24, 2.45) is 0 Å². The number of hydrogen-bond donors (Lipinski definition) is 1. The lowest BCUT2D eigenvalue weighted by Crippen LogP contribution is -2.11. The molecule has 2 rings (SSSR count). The van der Waals surface area contributed by atoms with Gasteiger partial charge in [0.2, 0.25) is 5.43 Å². The third-order valence-electron chi connectivity index (χ3n) is 2.08. The monoisotopic (exact) mass is 201 g/mol. The Morgan fingerprint density at radius 2 is 2.20 bits per heavy atom. The molecule has 0 amide bonds. The highest BCUT2D eigenvalue weighted by Crippen LogP contribution is 1.99. The fourth-order valence-corrected chi connectivity index (χ4v) is 1.32. The van der Waals surface area contributed by atoms with Gasteiger partial charge in [-0.15, -0.1) is 0 Å². The average Bonchev–Trinajstić information content (AvgIpc) is 2.25. The van der Waals surface area contributed by atoms with Crippen molar-refractivity contribution in [2.75, 3.05) is 5.73 Å². The smallest absolute Gasteiger partial charge is 0.204 e. The van der Waals surface area contributed by atoms with Crippen molar-refractivity contribution in [3.05, 3.63) is 58.8 Å². The third kappa shape index (κ3) is 2.22. The Morgan fingerprint density at radius 1 is 1.33 bits per heavy atom. The predicted molar refractivity (Wildman–Crippen MR) is 58.5 cm³/mol. The molecule has 0 bridgehead atoms. The van der Waals surface area contributed by atoms with Gasteiger partial charge in [-0.2, -0.15) is 0 Å². The predicted octanol–water partition coefficient (Wildman–Crippen LogP) is 0.874. The summed E-state index contributed by atoms with van der Waals surface area (Å²) in [5.41, 5.74) is 6.56. The van der Waals surface area contributed by atoms with Crippen molar-refractivity contribution in [1.82, 2.24) is 9.55 Å². The molecular weight excluding hydrogens is 190 g/mol. The quantitative estimate of drug-likeness (QED) is 0.784. The van der Waals surface area contributed by atoms with E-state index in [4.69, 9.17) is 5.73 Å². The second-order valence-electron chi connectivity index (χ2n) is 3.26. The molecule has 2 aromatic heterocycles. The van der Waals surface area contributed by atoms with Crippen LogP contribution in [0.5, 0.6) is 0 Å². The summed E-state index contributed by atoms with van der Waals surface area (Å²) >= 11 is 0. The minimum atomic E-state index is -0.146. The van der Waals surface area contributed by atoms with Crippen LogP contribution in [-0.2, 0) is 6.54 Å². The molecule has 15 heavy (non-hydrogen) atoms. The highest BCUT2D eigenvalue weighted by Gasteiger charge is 1.97. The van der Waals surface area contributed by atoms with E-state index in [0.717, 1.165) is 5.69 Å². The van der Waals surface area contributed by atoms with E-state index in [1.807, 2.05) is 22.8 Å². The molecule has 0 radical (unpaired) electrons. The van der Waals surface area contributed by atoms with E-state index in [0.29, 0.717) is 6.54 Å². The summed E-state index contributed by atoms with van der Waals surface area (Å²) in [7, 11) is 0.